The zero-order valence-electron chi connectivity index (χ0n) is 15.9. The lowest BCUT2D eigenvalue weighted by Gasteiger charge is -2.26. The Balaban J connectivity index is 1.59. The highest BCUT2D eigenvalue weighted by Crippen LogP contribution is 2.19. The third-order valence-electron chi connectivity index (χ3n) is 5.05. The van der Waals surface area contributed by atoms with Crippen LogP contribution in [-0.4, -0.2) is 63.0 Å². The van der Waals surface area contributed by atoms with Crippen molar-refractivity contribution in [1.29, 1.82) is 0 Å². The van der Waals surface area contributed by atoms with Crippen LogP contribution in [0.5, 0.6) is 0 Å². The molecule has 0 unspecified atom stereocenters. The summed E-state index contributed by atoms with van der Waals surface area (Å²) >= 11 is 0. The Morgan fingerprint density at radius 1 is 1.14 bits per heavy atom. The van der Waals surface area contributed by atoms with Gasteiger partial charge >= 0.3 is 5.97 Å². The van der Waals surface area contributed by atoms with Gasteiger partial charge < -0.3 is 14.8 Å². The monoisotopic (exact) mass is 410 g/mol. The van der Waals surface area contributed by atoms with Gasteiger partial charge in [0.15, 0.2) is 6.10 Å². The summed E-state index contributed by atoms with van der Waals surface area (Å²) in [6.07, 6.45) is 3.18. The maximum atomic E-state index is 12.6. The first kappa shape index (κ1) is 20.8. The Hall–Kier alpha value is -1.97. The van der Waals surface area contributed by atoms with Crippen LogP contribution in [0.25, 0.3) is 0 Å². The molecular formula is C19H26N2O6S. The summed E-state index contributed by atoms with van der Waals surface area (Å²) in [6.45, 7) is 2.87. The smallest absolute Gasteiger partial charge is 0.338 e. The van der Waals surface area contributed by atoms with Gasteiger partial charge in [0.05, 0.1) is 23.7 Å². The predicted octanol–water partition coefficient (Wildman–Crippen LogP) is 1.31. The van der Waals surface area contributed by atoms with Crippen molar-refractivity contribution in [2.75, 3.05) is 26.3 Å². The van der Waals surface area contributed by atoms with Crippen LogP contribution >= 0.6 is 0 Å². The van der Waals surface area contributed by atoms with E-state index in [0.29, 0.717) is 26.3 Å². The quantitative estimate of drug-likeness (QED) is 0.710. The minimum atomic E-state index is -3.62. The van der Waals surface area contributed by atoms with Crippen LogP contribution in [0.1, 0.15) is 43.0 Å². The van der Waals surface area contributed by atoms with Crippen molar-refractivity contribution < 1.29 is 27.5 Å². The molecule has 0 spiro atoms. The topological polar surface area (TPSA) is 102 Å². The van der Waals surface area contributed by atoms with Crippen molar-refractivity contribution in [3.8, 4) is 0 Å². The fraction of sp³-hybridized carbons (Fsp3) is 0.579. The lowest BCUT2D eigenvalue weighted by atomic mass is 10.2. The molecule has 1 aliphatic carbocycles. The number of ether oxygens (including phenoxy) is 2. The third kappa shape index (κ3) is 4.89. The van der Waals surface area contributed by atoms with E-state index in [4.69, 9.17) is 9.47 Å². The zero-order chi connectivity index (χ0) is 20.1. The number of esters is 1. The average molecular weight is 410 g/mol. The van der Waals surface area contributed by atoms with E-state index in [1.54, 1.807) is 0 Å². The lowest BCUT2D eigenvalue weighted by molar-refractivity contribution is -0.129. The number of morpholine rings is 1. The molecular weight excluding hydrogens is 384 g/mol. The molecule has 154 valence electrons. The number of hydrogen-bond acceptors (Lipinski definition) is 6. The highest BCUT2D eigenvalue weighted by Gasteiger charge is 2.27. The van der Waals surface area contributed by atoms with E-state index in [0.717, 1.165) is 25.7 Å². The number of nitrogens with zero attached hydrogens (tertiary/aromatic N) is 1. The maximum Gasteiger partial charge on any atom is 0.338 e. The van der Waals surface area contributed by atoms with Gasteiger partial charge in [0.1, 0.15) is 0 Å². The fourth-order valence-electron chi connectivity index (χ4n) is 3.37. The summed E-state index contributed by atoms with van der Waals surface area (Å²) < 4.78 is 37.0. The molecule has 8 nitrogen and oxygen atoms in total. The van der Waals surface area contributed by atoms with E-state index in [2.05, 4.69) is 5.32 Å². The van der Waals surface area contributed by atoms with Gasteiger partial charge in [-0.15, -0.1) is 0 Å². The Bertz CT molecular complexity index is 796. The zero-order valence-corrected chi connectivity index (χ0v) is 16.7. The van der Waals surface area contributed by atoms with Crippen LogP contribution in [0.3, 0.4) is 0 Å². The second-order valence-corrected chi connectivity index (χ2v) is 9.02. The van der Waals surface area contributed by atoms with Crippen LogP contribution in [0.2, 0.25) is 0 Å². The molecule has 1 heterocycles. The summed E-state index contributed by atoms with van der Waals surface area (Å²) in [6, 6.07) is 5.71. The molecule has 1 saturated carbocycles. The fourth-order valence-corrected chi connectivity index (χ4v) is 4.78. The normalized spacial score (nSPS) is 19.9. The minimum absolute atomic E-state index is 0.109. The first-order valence-electron chi connectivity index (χ1n) is 9.57. The second-order valence-electron chi connectivity index (χ2n) is 7.08. The van der Waals surface area contributed by atoms with E-state index in [-0.39, 0.29) is 22.4 Å². The Morgan fingerprint density at radius 3 is 2.36 bits per heavy atom. The van der Waals surface area contributed by atoms with Crippen molar-refractivity contribution in [1.82, 2.24) is 9.62 Å². The molecule has 28 heavy (non-hydrogen) atoms. The number of sulfonamides is 1. The van der Waals surface area contributed by atoms with E-state index in [9.17, 15) is 18.0 Å². The Morgan fingerprint density at radius 2 is 1.75 bits per heavy atom. The second kappa shape index (κ2) is 9.02. The number of carbonyl (C=O) groups is 2. The highest BCUT2D eigenvalue weighted by molar-refractivity contribution is 7.89. The first-order valence-corrected chi connectivity index (χ1v) is 11.0. The van der Waals surface area contributed by atoms with Gasteiger partial charge in [-0.05, 0) is 44.0 Å². The van der Waals surface area contributed by atoms with Crippen LogP contribution in [-0.2, 0) is 24.3 Å². The number of rotatable bonds is 6. The molecule has 1 saturated heterocycles. The SMILES string of the molecule is C[C@@H](OC(=O)c1ccc(S(=O)(=O)N2CCOCC2)cc1)C(=O)NC1CCCC1. The average Bonchev–Trinajstić information content (AvgIpc) is 3.21. The molecule has 1 N–H and O–H groups in total. The summed E-state index contributed by atoms with van der Waals surface area (Å²) in [4.78, 5) is 24.5. The molecule has 0 aromatic heterocycles. The molecule has 2 fully saturated rings. The summed E-state index contributed by atoms with van der Waals surface area (Å²) in [5, 5.41) is 2.89. The summed E-state index contributed by atoms with van der Waals surface area (Å²) in [5.74, 6) is -0.976. The van der Waals surface area contributed by atoms with Gasteiger partial charge in [0.2, 0.25) is 10.0 Å². The molecule has 0 bridgehead atoms. The molecule has 1 aromatic carbocycles. The molecule has 9 heteroatoms. The third-order valence-corrected chi connectivity index (χ3v) is 6.97. The molecule has 1 amide bonds. The summed E-state index contributed by atoms with van der Waals surface area (Å²) in [5.41, 5.74) is 0.196. The van der Waals surface area contributed by atoms with E-state index in [1.165, 1.54) is 35.5 Å². The minimum Gasteiger partial charge on any atom is -0.449 e. The van der Waals surface area contributed by atoms with Crippen LogP contribution < -0.4 is 5.32 Å². The molecule has 2 aliphatic rings. The Labute approximate surface area is 165 Å². The molecule has 1 aromatic rings. The number of hydrogen-bond donors (Lipinski definition) is 1. The van der Waals surface area contributed by atoms with Gasteiger partial charge in [-0.2, -0.15) is 4.31 Å². The van der Waals surface area contributed by atoms with E-state index in [1.807, 2.05) is 0 Å². The predicted molar refractivity (Wildman–Crippen MR) is 101 cm³/mol. The maximum absolute atomic E-state index is 12.6. The van der Waals surface area contributed by atoms with E-state index < -0.39 is 22.1 Å². The highest BCUT2D eigenvalue weighted by atomic mass is 32.2. The molecule has 0 radical (unpaired) electrons. The van der Waals surface area contributed by atoms with Crippen molar-refractivity contribution in [2.45, 2.75) is 49.6 Å². The van der Waals surface area contributed by atoms with Crippen molar-refractivity contribution in [3.05, 3.63) is 29.8 Å². The van der Waals surface area contributed by atoms with Crippen LogP contribution in [0.4, 0.5) is 0 Å². The molecule has 1 atom stereocenters. The van der Waals surface area contributed by atoms with E-state index >= 15 is 0 Å². The molecule has 3 rings (SSSR count). The molecule has 1 aliphatic heterocycles. The van der Waals surface area contributed by atoms with Gasteiger partial charge in [0, 0.05) is 19.1 Å². The number of benzene rings is 1. The van der Waals surface area contributed by atoms with Gasteiger partial charge in [-0.3, -0.25) is 4.79 Å². The van der Waals surface area contributed by atoms with Crippen molar-refractivity contribution >= 4 is 21.9 Å². The van der Waals surface area contributed by atoms with Crippen molar-refractivity contribution in [2.24, 2.45) is 0 Å². The lowest BCUT2D eigenvalue weighted by Crippen LogP contribution is -2.41. The number of carbonyl (C=O) groups excluding carboxylic acids is 2. The number of nitrogens with one attached hydrogen (secondary N) is 1. The van der Waals surface area contributed by atoms with Gasteiger partial charge in [-0.1, -0.05) is 12.8 Å². The standard InChI is InChI=1S/C19H26N2O6S/c1-14(18(22)20-16-4-2-3-5-16)27-19(23)15-6-8-17(9-7-15)28(24,25)21-10-12-26-13-11-21/h6-9,14,16H,2-5,10-13H2,1H3,(H,20,22)/t14-/m1/s1. The largest absolute Gasteiger partial charge is 0.449 e. The summed E-state index contributed by atoms with van der Waals surface area (Å²) in [7, 11) is -3.62. The van der Waals surface area contributed by atoms with Crippen LogP contribution in [0.15, 0.2) is 29.2 Å². The van der Waals surface area contributed by atoms with Gasteiger partial charge in [-0.25, -0.2) is 13.2 Å². The first-order chi connectivity index (χ1) is 13.4. The van der Waals surface area contributed by atoms with Gasteiger partial charge in [0.25, 0.3) is 5.91 Å². The van der Waals surface area contributed by atoms with Crippen LogP contribution in [0, 0.1) is 0 Å². The van der Waals surface area contributed by atoms with Crippen molar-refractivity contribution in [3.63, 3.8) is 0 Å². The Kier molecular flexibility index (Phi) is 6.69. The number of amides is 1.